The topological polar surface area (TPSA) is 126 Å². The number of benzene rings is 1. The molecule has 3 saturated carbocycles. The number of esters is 1. The Labute approximate surface area is 273 Å². The zero-order valence-electron chi connectivity index (χ0n) is 26.7. The zero-order valence-corrected chi connectivity index (χ0v) is 27.5. The van der Waals surface area contributed by atoms with Crippen LogP contribution in [0.1, 0.15) is 69.3 Å². The number of aliphatic hydroxyl groups excluding tert-OH is 1. The van der Waals surface area contributed by atoms with Crippen molar-refractivity contribution >= 4 is 34.7 Å². The van der Waals surface area contributed by atoms with Crippen LogP contribution in [0.15, 0.2) is 70.0 Å². The fourth-order valence-corrected chi connectivity index (χ4v) is 10.4. The molecule has 0 amide bonds. The van der Waals surface area contributed by atoms with Crippen LogP contribution >= 0.6 is 11.8 Å². The van der Waals surface area contributed by atoms with Crippen molar-refractivity contribution in [3.63, 3.8) is 0 Å². The lowest BCUT2D eigenvalue weighted by molar-refractivity contribution is -0.513. The van der Waals surface area contributed by atoms with Crippen LogP contribution in [0, 0.1) is 39.8 Å². The van der Waals surface area contributed by atoms with E-state index in [1.54, 1.807) is 31.4 Å². The van der Waals surface area contributed by atoms with E-state index in [4.69, 9.17) is 19.3 Å². The summed E-state index contributed by atoms with van der Waals surface area (Å²) in [6.07, 6.45) is 8.70. The van der Waals surface area contributed by atoms with E-state index >= 15 is 0 Å². The van der Waals surface area contributed by atoms with Crippen LogP contribution < -0.4 is 5.32 Å². The van der Waals surface area contributed by atoms with Gasteiger partial charge in [0.1, 0.15) is 17.2 Å². The summed E-state index contributed by atoms with van der Waals surface area (Å²) in [7, 11) is 1.63. The molecule has 4 aliphatic carbocycles. The summed E-state index contributed by atoms with van der Waals surface area (Å²) in [5.41, 5.74) is 1.42. The van der Waals surface area contributed by atoms with Crippen LogP contribution in [0.25, 0.3) is 0 Å². The molecule has 1 heterocycles. The number of hydrogen-bond acceptors (Lipinski definition) is 8. The van der Waals surface area contributed by atoms with Gasteiger partial charge in [0.15, 0.2) is 5.60 Å². The lowest BCUT2D eigenvalue weighted by Crippen LogP contribution is -2.76. The van der Waals surface area contributed by atoms with Gasteiger partial charge in [-0.1, -0.05) is 31.2 Å². The van der Waals surface area contributed by atoms with Gasteiger partial charge in [-0.3, -0.25) is 10.1 Å². The van der Waals surface area contributed by atoms with Gasteiger partial charge in [-0.2, -0.15) is 0 Å². The zero-order chi connectivity index (χ0) is 32.7. The molecule has 4 aliphatic rings. The Morgan fingerprint density at radius 3 is 2.70 bits per heavy atom. The Morgan fingerprint density at radius 2 is 2.00 bits per heavy atom. The van der Waals surface area contributed by atoms with Gasteiger partial charge in [0, 0.05) is 48.8 Å². The van der Waals surface area contributed by atoms with Gasteiger partial charge in [0.05, 0.1) is 12.4 Å². The van der Waals surface area contributed by atoms with Crippen LogP contribution in [0.2, 0.25) is 0 Å². The van der Waals surface area contributed by atoms with E-state index < -0.39 is 23.1 Å². The molecule has 0 bridgehead atoms. The Bertz CT molecular complexity index is 1540. The van der Waals surface area contributed by atoms with E-state index in [9.17, 15) is 19.1 Å². The number of carbonyl (C=O) groups excluding carboxylic acids is 2. The molecule has 0 aliphatic heterocycles. The first-order chi connectivity index (χ1) is 22.1. The van der Waals surface area contributed by atoms with E-state index in [0.29, 0.717) is 44.5 Å². The minimum atomic E-state index is -1.40. The number of ether oxygens (including phenoxy) is 2. The lowest BCUT2D eigenvalue weighted by Gasteiger charge is -2.60. The highest BCUT2D eigenvalue weighted by Gasteiger charge is 2.70. The van der Waals surface area contributed by atoms with Gasteiger partial charge in [-0.25, -0.2) is 9.18 Å². The van der Waals surface area contributed by atoms with Crippen LogP contribution in [0.5, 0.6) is 0 Å². The van der Waals surface area contributed by atoms with Crippen molar-refractivity contribution < 1.29 is 38.3 Å². The SMILES string of the molecule is COCCCSC(=O)C1(OC(=O)c2ccco2)CCC2C3CCC4=CC([NH2+]c5ccc(F)cc5)=C(C=N)CC4(C)C3C(O)CC21C. The molecule has 2 aromatic rings. The monoisotopic (exact) mass is 651 g/mol. The number of rotatable bonds is 10. The number of nitrogens with two attached hydrogens (primary N) is 1. The molecule has 46 heavy (non-hydrogen) atoms. The second kappa shape index (κ2) is 12.9. The molecule has 6 rings (SSSR count). The van der Waals surface area contributed by atoms with Gasteiger partial charge in [0.2, 0.25) is 10.9 Å². The number of hydrogen-bond donors (Lipinski definition) is 3. The van der Waals surface area contributed by atoms with Crippen LogP contribution in [-0.4, -0.2) is 53.6 Å². The Hall–Kier alpha value is -3.05. The van der Waals surface area contributed by atoms with Crippen molar-refractivity contribution in [2.45, 2.75) is 70.5 Å². The predicted octanol–water partition coefficient (Wildman–Crippen LogP) is 5.95. The summed E-state index contributed by atoms with van der Waals surface area (Å²) < 4.78 is 30.4. The average molecular weight is 652 g/mol. The molecular weight excluding hydrogens is 607 g/mol. The molecular formula is C36H44FN2O6S+. The third-order valence-electron chi connectivity index (χ3n) is 11.5. The maximum atomic E-state index is 14.2. The molecule has 7 atom stereocenters. The first-order valence-electron chi connectivity index (χ1n) is 16.2. The Kier molecular flexibility index (Phi) is 9.19. The number of halogens is 1. The highest BCUT2D eigenvalue weighted by atomic mass is 32.2. The molecule has 0 spiro atoms. The maximum absolute atomic E-state index is 14.2. The van der Waals surface area contributed by atoms with Gasteiger partial charge < -0.3 is 24.4 Å². The Morgan fingerprint density at radius 1 is 1.22 bits per heavy atom. The van der Waals surface area contributed by atoms with Crippen LogP contribution in [-0.2, 0) is 14.3 Å². The maximum Gasteiger partial charge on any atom is 0.375 e. The van der Waals surface area contributed by atoms with E-state index in [-0.39, 0.29) is 39.9 Å². The van der Waals surface area contributed by atoms with Crippen molar-refractivity contribution in [3.05, 3.63) is 77.2 Å². The van der Waals surface area contributed by atoms with Crippen molar-refractivity contribution in [2.24, 2.45) is 28.6 Å². The molecule has 10 heteroatoms. The summed E-state index contributed by atoms with van der Waals surface area (Å²) >= 11 is 1.19. The molecule has 0 radical (unpaired) electrons. The summed E-state index contributed by atoms with van der Waals surface area (Å²) in [6, 6.07) is 9.52. The summed E-state index contributed by atoms with van der Waals surface area (Å²) in [5.74, 6) is -0.249. The number of allylic oxidation sites excluding steroid dienone is 3. The molecule has 1 aromatic carbocycles. The van der Waals surface area contributed by atoms with E-state index in [2.05, 4.69) is 13.0 Å². The fraction of sp³-hybridized carbons (Fsp3) is 0.528. The number of carbonyl (C=O) groups is 2. The van der Waals surface area contributed by atoms with Gasteiger partial charge in [-0.15, -0.1) is 0 Å². The lowest BCUT2D eigenvalue weighted by atomic mass is 9.45. The number of furan rings is 1. The molecule has 4 N–H and O–H groups in total. The van der Waals surface area contributed by atoms with Crippen molar-refractivity contribution in [3.8, 4) is 0 Å². The number of fused-ring (bicyclic) bond motifs is 5. The molecule has 1 aromatic heterocycles. The number of aliphatic hydroxyl groups is 1. The van der Waals surface area contributed by atoms with Crippen molar-refractivity contribution in [1.82, 2.24) is 0 Å². The Balaban J connectivity index is 1.30. The van der Waals surface area contributed by atoms with Crippen molar-refractivity contribution in [2.75, 3.05) is 19.5 Å². The molecule has 8 nitrogen and oxygen atoms in total. The summed E-state index contributed by atoms with van der Waals surface area (Å²) in [5, 5.41) is 22.3. The second-order valence-corrected chi connectivity index (χ2v) is 14.9. The largest absolute Gasteiger partial charge is 0.457 e. The van der Waals surface area contributed by atoms with E-state index in [1.165, 1.54) is 41.9 Å². The quantitative estimate of drug-likeness (QED) is 0.125. The second-order valence-electron chi connectivity index (χ2n) is 13.8. The fourth-order valence-electron chi connectivity index (χ4n) is 9.35. The number of thioether (sulfide) groups is 1. The minimum Gasteiger partial charge on any atom is -0.457 e. The first kappa shape index (κ1) is 32.9. The van der Waals surface area contributed by atoms with Crippen LogP contribution in [0.3, 0.4) is 0 Å². The summed E-state index contributed by atoms with van der Waals surface area (Å²) in [6.45, 7) is 4.79. The van der Waals surface area contributed by atoms with Gasteiger partial charge in [-0.05, 0) is 98.5 Å². The van der Waals surface area contributed by atoms with E-state index in [0.717, 1.165) is 29.8 Å². The third-order valence-corrected chi connectivity index (χ3v) is 12.5. The first-order valence-corrected chi connectivity index (χ1v) is 17.2. The highest BCUT2D eigenvalue weighted by molar-refractivity contribution is 8.13. The predicted molar refractivity (Wildman–Crippen MR) is 173 cm³/mol. The molecule has 3 fully saturated rings. The van der Waals surface area contributed by atoms with Crippen molar-refractivity contribution in [1.29, 1.82) is 5.41 Å². The van der Waals surface area contributed by atoms with Gasteiger partial charge in [0.25, 0.3) is 0 Å². The molecule has 246 valence electrons. The number of methoxy groups -OCH3 is 1. The summed E-state index contributed by atoms with van der Waals surface area (Å²) in [4.78, 5) is 27.6. The smallest absolute Gasteiger partial charge is 0.375 e. The molecule has 7 unspecified atom stereocenters. The van der Waals surface area contributed by atoms with Gasteiger partial charge >= 0.3 is 5.97 Å². The standard InChI is InChI=1S/C36H43FN2O6S/c1-34-19-22(21-38)28(39-25-10-8-24(37)9-11-25)18-23(34)7-12-26-27-13-14-36(33(42)46-17-5-15-43-3,35(27,2)20-29(40)31(26)34)45-32(41)30-6-4-16-44-30/h4,6,8-11,16,18,21,26-27,29,31,38-40H,5,7,12-15,17,19-20H2,1-3H3/p+1. The normalized spacial score (nSPS) is 33.5. The molecule has 0 saturated heterocycles. The van der Waals surface area contributed by atoms with E-state index in [1.807, 2.05) is 12.2 Å². The minimum absolute atomic E-state index is 0.0548. The number of quaternary nitrogens is 1. The number of nitrogens with one attached hydrogen (secondary N) is 1. The third kappa shape index (κ3) is 5.51. The average Bonchev–Trinajstić information content (AvgIpc) is 3.67. The van der Waals surface area contributed by atoms with Crippen LogP contribution in [0.4, 0.5) is 10.1 Å². The highest BCUT2D eigenvalue weighted by Crippen LogP contribution is 2.69.